The Kier molecular flexibility index (Phi) is 3.94. The Labute approximate surface area is 124 Å². The minimum atomic E-state index is -1.02. The van der Waals surface area contributed by atoms with E-state index >= 15 is 0 Å². The van der Waals surface area contributed by atoms with Crippen molar-refractivity contribution in [2.75, 3.05) is 0 Å². The topological polar surface area (TPSA) is 75.6 Å². The fourth-order valence-corrected chi connectivity index (χ4v) is 2.56. The summed E-state index contributed by atoms with van der Waals surface area (Å²) in [7, 11) is 0. The van der Waals surface area contributed by atoms with Gasteiger partial charge in [-0.15, -0.1) is 0 Å². The van der Waals surface area contributed by atoms with Gasteiger partial charge in [-0.2, -0.15) is 0 Å². The average molecular weight is 291 g/mol. The largest absolute Gasteiger partial charge is 0.508 e. The lowest BCUT2D eigenvalue weighted by Crippen LogP contribution is -2.54. The van der Waals surface area contributed by atoms with Crippen molar-refractivity contribution < 1.29 is 19.4 Å². The van der Waals surface area contributed by atoms with E-state index in [0.29, 0.717) is 18.4 Å². The normalized spacial score (nSPS) is 21.3. The summed E-state index contributed by atoms with van der Waals surface area (Å²) in [5.41, 5.74) is 0.0854. The third kappa shape index (κ3) is 3.54. The summed E-state index contributed by atoms with van der Waals surface area (Å²) in [5, 5.41) is 12.6. The van der Waals surface area contributed by atoms with Gasteiger partial charge in [-0.25, -0.2) is 4.79 Å². The predicted octanol–water partition coefficient (Wildman–Crippen LogP) is 2.34. The highest BCUT2D eigenvalue weighted by Crippen LogP contribution is 2.33. The summed E-state index contributed by atoms with van der Waals surface area (Å²) in [6, 6.07) is 5.30. The molecule has 0 saturated heterocycles. The van der Waals surface area contributed by atoms with Crippen LogP contribution in [0.5, 0.6) is 5.75 Å². The predicted molar refractivity (Wildman–Crippen MR) is 78.3 cm³/mol. The highest BCUT2D eigenvalue weighted by atomic mass is 16.6. The van der Waals surface area contributed by atoms with Gasteiger partial charge in [0.1, 0.15) is 23.2 Å². The van der Waals surface area contributed by atoms with Crippen molar-refractivity contribution in [3.05, 3.63) is 29.3 Å². The molecule has 0 unspecified atom stereocenters. The Morgan fingerprint density at radius 3 is 2.76 bits per heavy atom. The number of hydrogen-bond acceptors (Lipinski definition) is 4. The molecule has 0 fully saturated rings. The van der Waals surface area contributed by atoms with Crippen LogP contribution in [0.1, 0.15) is 38.3 Å². The average Bonchev–Trinajstić information content (AvgIpc) is 2.37. The molecular weight excluding hydrogens is 270 g/mol. The van der Waals surface area contributed by atoms with Crippen molar-refractivity contribution in [2.24, 2.45) is 0 Å². The van der Waals surface area contributed by atoms with E-state index in [4.69, 9.17) is 4.74 Å². The molecule has 0 radical (unpaired) electrons. The minimum Gasteiger partial charge on any atom is -0.508 e. The number of alkyl carbamates (subject to hydrolysis) is 1. The summed E-state index contributed by atoms with van der Waals surface area (Å²) in [6.45, 7) is 5.30. The van der Waals surface area contributed by atoms with E-state index in [1.54, 1.807) is 32.9 Å². The molecule has 0 spiro atoms. The van der Waals surface area contributed by atoms with Gasteiger partial charge >= 0.3 is 6.09 Å². The van der Waals surface area contributed by atoms with Gasteiger partial charge in [-0.1, -0.05) is 12.1 Å². The van der Waals surface area contributed by atoms with Crippen molar-refractivity contribution in [1.29, 1.82) is 0 Å². The van der Waals surface area contributed by atoms with Crippen molar-refractivity contribution in [3.63, 3.8) is 0 Å². The second-order valence-corrected chi connectivity index (χ2v) is 6.49. The molecular formula is C16H21NO4. The van der Waals surface area contributed by atoms with Crippen LogP contribution in [0.3, 0.4) is 0 Å². The SMILES string of the molecule is CC(C)(C)OC(=O)N[C@@]1(C=O)CCc2cccc(O)c2C1. The number of benzene rings is 1. The zero-order chi connectivity index (χ0) is 15.7. The van der Waals surface area contributed by atoms with E-state index in [-0.39, 0.29) is 12.2 Å². The van der Waals surface area contributed by atoms with E-state index in [0.717, 1.165) is 11.8 Å². The zero-order valence-electron chi connectivity index (χ0n) is 12.6. The fourth-order valence-electron chi connectivity index (χ4n) is 2.56. The quantitative estimate of drug-likeness (QED) is 0.820. The molecule has 1 atom stereocenters. The number of phenols is 1. The first-order valence-corrected chi connectivity index (χ1v) is 7.02. The molecule has 1 aliphatic rings. The molecule has 0 aromatic heterocycles. The maximum absolute atomic E-state index is 11.9. The molecule has 2 N–H and O–H groups in total. The van der Waals surface area contributed by atoms with Gasteiger partial charge in [0.05, 0.1) is 0 Å². The lowest BCUT2D eigenvalue weighted by atomic mass is 9.78. The number of amides is 1. The van der Waals surface area contributed by atoms with Gasteiger partial charge < -0.3 is 20.0 Å². The Morgan fingerprint density at radius 1 is 1.43 bits per heavy atom. The molecule has 0 bridgehead atoms. The van der Waals surface area contributed by atoms with E-state index in [1.807, 2.05) is 6.07 Å². The van der Waals surface area contributed by atoms with Crippen LogP contribution in [0.25, 0.3) is 0 Å². The number of ether oxygens (including phenoxy) is 1. The number of phenolic OH excluding ortho intramolecular Hbond substituents is 1. The monoisotopic (exact) mass is 291 g/mol. The summed E-state index contributed by atoms with van der Waals surface area (Å²) >= 11 is 0. The number of aryl methyl sites for hydroxylation is 1. The number of carbonyl (C=O) groups excluding carboxylic acids is 2. The lowest BCUT2D eigenvalue weighted by Gasteiger charge is -2.35. The maximum Gasteiger partial charge on any atom is 0.408 e. The Morgan fingerprint density at radius 2 is 2.14 bits per heavy atom. The molecule has 0 aliphatic heterocycles. The van der Waals surface area contributed by atoms with Gasteiger partial charge in [0.15, 0.2) is 0 Å². The molecule has 1 aromatic carbocycles. The van der Waals surface area contributed by atoms with Crippen LogP contribution in [-0.4, -0.2) is 28.6 Å². The van der Waals surface area contributed by atoms with Crippen LogP contribution in [0.2, 0.25) is 0 Å². The highest BCUT2D eigenvalue weighted by Gasteiger charge is 2.38. The smallest absolute Gasteiger partial charge is 0.408 e. The maximum atomic E-state index is 11.9. The molecule has 5 nitrogen and oxygen atoms in total. The lowest BCUT2D eigenvalue weighted by molar-refractivity contribution is -0.113. The number of aromatic hydroxyl groups is 1. The van der Waals surface area contributed by atoms with Gasteiger partial charge in [0, 0.05) is 6.42 Å². The molecule has 1 aliphatic carbocycles. The highest BCUT2D eigenvalue weighted by molar-refractivity contribution is 5.77. The second-order valence-electron chi connectivity index (χ2n) is 6.49. The van der Waals surface area contributed by atoms with E-state index in [9.17, 15) is 14.7 Å². The molecule has 21 heavy (non-hydrogen) atoms. The number of fused-ring (bicyclic) bond motifs is 1. The van der Waals surface area contributed by atoms with Crippen molar-refractivity contribution in [3.8, 4) is 5.75 Å². The van der Waals surface area contributed by atoms with E-state index in [2.05, 4.69) is 5.32 Å². The molecule has 2 rings (SSSR count). The first-order chi connectivity index (χ1) is 9.75. The first kappa shape index (κ1) is 15.4. The summed E-state index contributed by atoms with van der Waals surface area (Å²) in [6.07, 6.45) is 1.52. The molecule has 1 amide bonds. The fraction of sp³-hybridized carbons (Fsp3) is 0.500. The molecule has 114 valence electrons. The molecule has 5 heteroatoms. The van der Waals surface area contributed by atoms with Crippen LogP contribution < -0.4 is 5.32 Å². The number of aldehydes is 1. The van der Waals surface area contributed by atoms with Crippen LogP contribution in [0.15, 0.2) is 18.2 Å². The van der Waals surface area contributed by atoms with Crippen molar-refractivity contribution >= 4 is 12.4 Å². The summed E-state index contributed by atoms with van der Waals surface area (Å²) in [4.78, 5) is 23.5. The Bertz CT molecular complexity index is 562. The summed E-state index contributed by atoms with van der Waals surface area (Å²) < 4.78 is 5.21. The van der Waals surface area contributed by atoms with Crippen LogP contribution in [0, 0.1) is 0 Å². The minimum absolute atomic E-state index is 0.157. The van der Waals surface area contributed by atoms with Gasteiger partial charge in [-0.05, 0) is 50.8 Å². The molecule has 0 saturated carbocycles. The molecule has 0 heterocycles. The molecule has 1 aromatic rings. The van der Waals surface area contributed by atoms with E-state index < -0.39 is 17.2 Å². The number of hydrogen-bond donors (Lipinski definition) is 2. The Hall–Kier alpha value is -2.04. The van der Waals surface area contributed by atoms with E-state index in [1.165, 1.54) is 0 Å². The van der Waals surface area contributed by atoms with Gasteiger partial charge in [0.25, 0.3) is 0 Å². The third-order valence-electron chi connectivity index (χ3n) is 3.56. The van der Waals surface area contributed by atoms with Crippen LogP contribution in [-0.2, 0) is 22.4 Å². The standard InChI is InChI=1S/C16H21NO4/c1-15(2,3)21-14(20)17-16(10-18)8-7-11-5-4-6-13(19)12(11)9-16/h4-6,10,19H,7-9H2,1-3H3,(H,17,20)/t16-/m0/s1. The van der Waals surface area contributed by atoms with Crippen molar-refractivity contribution in [2.45, 2.75) is 51.2 Å². The second kappa shape index (κ2) is 5.39. The summed E-state index contributed by atoms with van der Waals surface area (Å²) in [5.74, 6) is 0.157. The van der Waals surface area contributed by atoms with Crippen LogP contribution >= 0.6 is 0 Å². The van der Waals surface area contributed by atoms with Gasteiger partial charge in [-0.3, -0.25) is 0 Å². The number of rotatable bonds is 2. The van der Waals surface area contributed by atoms with Gasteiger partial charge in [0.2, 0.25) is 0 Å². The van der Waals surface area contributed by atoms with Crippen molar-refractivity contribution in [1.82, 2.24) is 5.32 Å². The number of carbonyl (C=O) groups is 2. The first-order valence-electron chi connectivity index (χ1n) is 7.02. The number of nitrogens with one attached hydrogen (secondary N) is 1. The Balaban J connectivity index is 2.19. The zero-order valence-corrected chi connectivity index (χ0v) is 12.6. The third-order valence-corrected chi connectivity index (χ3v) is 3.56. The van der Waals surface area contributed by atoms with Crippen LogP contribution in [0.4, 0.5) is 4.79 Å².